The van der Waals surface area contributed by atoms with Crippen molar-refractivity contribution in [1.82, 2.24) is 10.2 Å². The van der Waals surface area contributed by atoms with Crippen LogP contribution in [-0.4, -0.2) is 44.4 Å². The number of hydrogen-bond acceptors (Lipinski definition) is 4. The van der Waals surface area contributed by atoms with Gasteiger partial charge >= 0.3 is 0 Å². The number of benzene rings is 1. The molecule has 1 fully saturated rings. The van der Waals surface area contributed by atoms with Gasteiger partial charge in [0, 0.05) is 38.3 Å². The minimum absolute atomic E-state index is 0.274. The summed E-state index contributed by atoms with van der Waals surface area (Å²) in [6, 6.07) is 2.06. The third-order valence-electron chi connectivity index (χ3n) is 4.21. The molecule has 2 aliphatic rings. The van der Waals surface area contributed by atoms with Gasteiger partial charge in [0.05, 0.1) is 5.02 Å². The van der Waals surface area contributed by atoms with Gasteiger partial charge in [-0.3, -0.25) is 0 Å². The van der Waals surface area contributed by atoms with E-state index in [1.54, 1.807) is 0 Å². The van der Waals surface area contributed by atoms with E-state index in [0.29, 0.717) is 16.7 Å². The molecule has 5 heteroatoms. The van der Waals surface area contributed by atoms with Crippen LogP contribution in [0.4, 0.5) is 0 Å². The van der Waals surface area contributed by atoms with Gasteiger partial charge in [-0.15, -0.1) is 0 Å². The third kappa shape index (κ3) is 3.12. The number of fused-ring (bicyclic) bond motifs is 1. The zero-order valence-electron chi connectivity index (χ0n) is 12.7. The van der Waals surface area contributed by atoms with Crippen molar-refractivity contribution in [2.75, 3.05) is 39.5 Å². The Labute approximate surface area is 131 Å². The van der Waals surface area contributed by atoms with Crippen molar-refractivity contribution in [3.63, 3.8) is 0 Å². The SMILES string of the molecule is CC(C)c1c(CCN2CCNCC2)cc(Cl)c2c1OCO2. The summed E-state index contributed by atoms with van der Waals surface area (Å²) >= 11 is 6.34. The molecule has 1 aromatic carbocycles. The molecule has 1 aromatic rings. The van der Waals surface area contributed by atoms with Crippen LogP contribution in [0, 0.1) is 0 Å². The first kappa shape index (κ1) is 14.9. The number of rotatable bonds is 4. The largest absolute Gasteiger partial charge is 0.453 e. The maximum absolute atomic E-state index is 6.34. The lowest BCUT2D eigenvalue weighted by Gasteiger charge is -2.27. The summed E-state index contributed by atoms with van der Waals surface area (Å²) in [5.41, 5.74) is 2.54. The molecule has 3 rings (SSSR count). The van der Waals surface area contributed by atoms with E-state index in [1.165, 1.54) is 11.1 Å². The van der Waals surface area contributed by atoms with E-state index in [-0.39, 0.29) is 6.79 Å². The van der Waals surface area contributed by atoms with Crippen molar-refractivity contribution in [3.8, 4) is 11.5 Å². The van der Waals surface area contributed by atoms with Crippen molar-refractivity contribution in [2.24, 2.45) is 0 Å². The monoisotopic (exact) mass is 310 g/mol. The van der Waals surface area contributed by atoms with Crippen molar-refractivity contribution in [2.45, 2.75) is 26.2 Å². The highest BCUT2D eigenvalue weighted by Crippen LogP contribution is 2.46. The first-order valence-electron chi connectivity index (χ1n) is 7.70. The average molecular weight is 311 g/mol. The van der Waals surface area contributed by atoms with Crippen molar-refractivity contribution in [1.29, 1.82) is 0 Å². The van der Waals surface area contributed by atoms with E-state index in [2.05, 4.69) is 30.1 Å². The van der Waals surface area contributed by atoms with Gasteiger partial charge in [0.25, 0.3) is 0 Å². The Hall–Kier alpha value is -0.970. The zero-order chi connectivity index (χ0) is 14.8. The molecular formula is C16H23ClN2O2. The average Bonchev–Trinajstić information content (AvgIpc) is 2.95. The molecule has 2 heterocycles. The van der Waals surface area contributed by atoms with Crippen LogP contribution >= 0.6 is 11.6 Å². The molecule has 0 atom stereocenters. The van der Waals surface area contributed by atoms with Crippen LogP contribution in [-0.2, 0) is 6.42 Å². The first-order valence-corrected chi connectivity index (χ1v) is 8.08. The second kappa shape index (κ2) is 6.42. The fourth-order valence-electron chi connectivity index (χ4n) is 3.15. The Morgan fingerprint density at radius 2 is 1.95 bits per heavy atom. The van der Waals surface area contributed by atoms with Crippen molar-refractivity contribution in [3.05, 3.63) is 22.2 Å². The molecule has 0 aliphatic carbocycles. The zero-order valence-corrected chi connectivity index (χ0v) is 13.5. The van der Waals surface area contributed by atoms with Crippen LogP contribution in [0.5, 0.6) is 11.5 Å². The minimum atomic E-state index is 0.274. The van der Waals surface area contributed by atoms with E-state index in [9.17, 15) is 0 Å². The van der Waals surface area contributed by atoms with Gasteiger partial charge in [-0.25, -0.2) is 0 Å². The molecule has 0 unspecified atom stereocenters. The number of nitrogens with one attached hydrogen (secondary N) is 1. The highest BCUT2D eigenvalue weighted by Gasteiger charge is 2.26. The molecule has 0 aromatic heterocycles. The molecule has 1 saturated heterocycles. The standard InChI is InChI=1S/C16H23ClN2O2/c1-11(2)14-12(3-6-19-7-4-18-5-8-19)9-13(17)15-16(14)21-10-20-15/h9,11,18H,3-8,10H2,1-2H3. The second-order valence-electron chi connectivity index (χ2n) is 5.99. The summed E-state index contributed by atoms with van der Waals surface area (Å²) in [4.78, 5) is 2.50. The lowest BCUT2D eigenvalue weighted by atomic mass is 9.93. The Bertz CT molecular complexity index is 513. The number of piperazine rings is 1. The molecule has 0 amide bonds. The minimum Gasteiger partial charge on any atom is -0.453 e. The summed E-state index contributed by atoms with van der Waals surface area (Å²) in [5.74, 6) is 1.97. The maximum Gasteiger partial charge on any atom is 0.231 e. The van der Waals surface area contributed by atoms with E-state index in [1.807, 2.05) is 0 Å². The summed E-state index contributed by atoms with van der Waals surface area (Å²) in [7, 11) is 0. The van der Waals surface area contributed by atoms with Gasteiger partial charge < -0.3 is 19.7 Å². The van der Waals surface area contributed by atoms with Gasteiger partial charge in [-0.05, 0) is 24.0 Å². The fraction of sp³-hybridized carbons (Fsp3) is 0.625. The summed E-state index contributed by atoms with van der Waals surface area (Å²) in [6.45, 7) is 10.1. The van der Waals surface area contributed by atoms with Crippen LogP contribution in [0.25, 0.3) is 0 Å². The second-order valence-corrected chi connectivity index (χ2v) is 6.40. The Kier molecular flexibility index (Phi) is 4.57. The Morgan fingerprint density at radius 3 is 2.67 bits per heavy atom. The summed E-state index contributed by atoms with van der Waals surface area (Å²) in [5, 5.41) is 4.06. The summed E-state index contributed by atoms with van der Waals surface area (Å²) < 4.78 is 11.2. The molecular weight excluding hydrogens is 288 g/mol. The predicted octanol–water partition coefficient (Wildman–Crippen LogP) is 2.64. The van der Waals surface area contributed by atoms with Crippen LogP contribution in [0.3, 0.4) is 0 Å². The Morgan fingerprint density at radius 1 is 1.24 bits per heavy atom. The predicted molar refractivity (Wildman–Crippen MR) is 84.7 cm³/mol. The Balaban J connectivity index is 1.82. The molecule has 0 saturated carbocycles. The van der Waals surface area contributed by atoms with Gasteiger partial charge in [-0.1, -0.05) is 25.4 Å². The van der Waals surface area contributed by atoms with E-state index in [4.69, 9.17) is 21.1 Å². The fourth-order valence-corrected chi connectivity index (χ4v) is 3.42. The van der Waals surface area contributed by atoms with Gasteiger partial charge in [0.1, 0.15) is 0 Å². The quantitative estimate of drug-likeness (QED) is 0.927. The first-order chi connectivity index (χ1) is 10.2. The maximum atomic E-state index is 6.34. The van der Waals surface area contributed by atoms with Gasteiger partial charge in [0.2, 0.25) is 6.79 Å². The lowest BCUT2D eigenvalue weighted by Crippen LogP contribution is -2.44. The number of ether oxygens (including phenoxy) is 2. The molecule has 0 radical (unpaired) electrons. The van der Waals surface area contributed by atoms with Crippen LogP contribution < -0.4 is 14.8 Å². The molecule has 4 nitrogen and oxygen atoms in total. The van der Waals surface area contributed by atoms with Crippen molar-refractivity contribution >= 4 is 11.6 Å². The molecule has 0 bridgehead atoms. The van der Waals surface area contributed by atoms with Crippen LogP contribution in [0.1, 0.15) is 30.9 Å². The topological polar surface area (TPSA) is 33.7 Å². The normalized spacial score (nSPS) is 18.5. The van der Waals surface area contributed by atoms with E-state index >= 15 is 0 Å². The summed E-state index contributed by atoms with van der Waals surface area (Å²) in [6.07, 6.45) is 1.00. The number of hydrogen-bond donors (Lipinski definition) is 1. The van der Waals surface area contributed by atoms with E-state index in [0.717, 1.165) is 44.9 Å². The van der Waals surface area contributed by atoms with E-state index < -0.39 is 0 Å². The highest BCUT2D eigenvalue weighted by molar-refractivity contribution is 6.32. The lowest BCUT2D eigenvalue weighted by molar-refractivity contribution is 0.173. The number of nitrogens with zero attached hydrogens (tertiary/aromatic N) is 1. The molecule has 0 spiro atoms. The molecule has 21 heavy (non-hydrogen) atoms. The smallest absolute Gasteiger partial charge is 0.231 e. The van der Waals surface area contributed by atoms with Crippen LogP contribution in [0.15, 0.2) is 6.07 Å². The van der Waals surface area contributed by atoms with Crippen molar-refractivity contribution < 1.29 is 9.47 Å². The number of halogens is 1. The molecule has 1 N–H and O–H groups in total. The van der Waals surface area contributed by atoms with Gasteiger partial charge in [-0.2, -0.15) is 0 Å². The third-order valence-corrected chi connectivity index (χ3v) is 4.49. The molecule has 2 aliphatic heterocycles. The molecule has 116 valence electrons. The van der Waals surface area contributed by atoms with Crippen LogP contribution in [0.2, 0.25) is 5.02 Å². The van der Waals surface area contributed by atoms with Gasteiger partial charge in [0.15, 0.2) is 11.5 Å². The highest BCUT2D eigenvalue weighted by atomic mass is 35.5.